The van der Waals surface area contributed by atoms with Crippen molar-refractivity contribution in [1.82, 2.24) is 0 Å². The van der Waals surface area contributed by atoms with Crippen LogP contribution in [-0.4, -0.2) is 17.4 Å². The van der Waals surface area contributed by atoms with Gasteiger partial charge in [0.25, 0.3) is 0 Å². The third-order valence-corrected chi connectivity index (χ3v) is 3.05. The van der Waals surface area contributed by atoms with Crippen LogP contribution in [0, 0.1) is 0 Å². The lowest BCUT2D eigenvalue weighted by molar-refractivity contribution is 0.00693. The number of carbonyl (C=O) groups excluding carboxylic acids is 2. The fourth-order valence-corrected chi connectivity index (χ4v) is 2.01. The second-order valence-corrected chi connectivity index (χ2v) is 6.16. The molecule has 0 aliphatic heterocycles. The van der Waals surface area contributed by atoms with Crippen LogP contribution in [0.25, 0.3) is 0 Å². The maximum Gasteiger partial charge on any atom is 0.338 e. The molecule has 0 fully saturated rings. The highest BCUT2D eigenvalue weighted by Crippen LogP contribution is 2.14. The maximum absolute atomic E-state index is 12.2. The Hall–Kier alpha value is -2.42. The first-order valence-electron chi connectivity index (χ1n) is 7.26. The summed E-state index contributed by atoms with van der Waals surface area (Å²) >= 11 is 0. The van der Waals surface area contributed by atoms with E-state index >= 15 is 0 Å². The van der Waals surface area contributed by atoms with Gasteiger partial charge in [-0.25, -0.2) is 4.79 Å². The third-order valence-electron chi connectivity index (χ3n) is 3.05. The fraction of sp³-hybridized carbons (Fsp3) is 0.263. The van der Waals surface area contributed by atoms with Gasteiger partial charge in [-0.3, -0.25) is 4.79 Å². The standard InChI is InChI=1S/C19H20O3/c1-19(2,3)22-18(21)16-11-9-15(10-12-16)17(20)13-14-7-5-4-6-8-14/h4-12H,13H2,1-3H3. The van der Waals surface area contributed by atoms with Crippen LogP contribution in [0.3, 0.4) is 0 Å². The zero-order chi connectivity index (χ0) is 16.2. The summed E-state index contributed by atoms with van der Waals surface area (Å²) in [6.45, 7) is 5.47. The number of hydrogen-bond donors (Lipinski definition) is 0. The number of Topliss-reactive ketones (excluding diaryl/α,β-unsaturated/α-hetero) is 1. The summed E-state index contributed by atoms with van der Waals surface area (Å²) in [6.07, 6.45) is 0.354. The van der Waals surface area contributed by atoms with E-state index in [1.54, 1.807) is 24.3 Å². The van der Waals surface area contributed by atoms with E-state index in [4.69, 9.17) is 4.74 Å². The zero-order valence-corrected chi connectivity index (χ0v) is 13.1. The van der Waals surface area contributed by atoms with Crippen LogP contribution in [0.1, 0.15) is 47.1 Å². The molecule has 2 aromatic carbocycles. The van der Waals surface area contributed by atoms with Crippen molar-refractivity contribution in [3.63, 3.8) is 0 Å². The Morgan fingerprint density at radius 3 is 1.95 bits per heavy atom. The van der Waals surface area contributed by atoms with Crippen molar-refractivity contribution in [3.8, 4) is 0 Å². The maximum atomic E-state index is 12.2. The molecule has 22 heavy (non-hydrogen) atoms. The Labute approximate surface area is 130 Å². The molecule has 0 saturated carbocycles. The van der Waals surface area contributed by atoms with Crippen molar-refractivity contribution >= 4 is 11.8 Å². The van der Waals surface area contributed by atoms with Crippen molar-refractivity contribution in [2.24, 2.45) is 0 Å². The minimum Gasteiger partial charge on any atom is -0.456 e. The van der Waals surface area contributed by atoms with Crippen molar-refractivity contribution < 1.29 is 14.3 Å². The van der Waals surface area contributed by atoms with Crippen molar-refractivity contribution in [2.45, 2.75) is 32.8 Å². The van der Waals surface area contributed by atoms with Crippen LogP contribution in [0.4, 0.5) is 0 Å². The highest BCUT2D eigenvalue weighted by molar-refractivity contribution is 5.98. The topological polar surface area (TPSA) is 43.4 Å². The van der Waals surface area contributed by atoms with Crippen molar-refractivity contribution in [3.05, 3.63) is 71.3 Å². The monoisotopic (exact) mass is 296 g/mol. The van der Waals surface area contributed by atoms with Gasteiger partial charge >= 0.3 is 5.97 Å². The van der Waals surface area contributed by atoms with E-state index in [2.05, 4.69) is 0 Å². The molecule has 0 saturated heterocycles. The molecule has 0 atom stereocenters. The van der Waals surface area contributed by atoms with Gasteiger partial charge < -0.3 is 4.74 Å². The Morgan fingerprint density at radius 1 is 0.864 bits per heavy atom. The van der Waals surface area contributed by atoms with E-state index in [1.807, 2.05) is 51.1 Å². The molecular formula is C19H20O3. The summed E-state index contributed by atoms with van der Waals surface area (Å²) in [7, 11) is 0. The van der Waals surface area contributed by atoms with Crippen LogP contribution in [0.5, 0.6) is 0 Å². The molecule has 0 aromatic heterocycles. The predicted octanol–water partition coefficient (Wildman–Crippen LogP) is 4.07. The quantitative estimate of drug-likeness (QED) is 0.631. The Kier molecular flexibility index (Phi) is 4.76. The molecule has 0 radical (unpaired) electrons. The number of benzene rings is 2. The number of hydrogen-bond acceptors (Lipinski definition) is 3. The lowest BCUT2D eigenvalue weighted by atomic mass is 10.0. The molecule has 2 aromatic rings. The summed E-state index contributed by atoms with van der Waals surface area (Å²) in [5, 5.41) is 0. The van der Waals surface area contributed by atoms with E-state index in [9.17, 15) is 9.59 Å². The summed E-state index contributed by atoms with van der Waals surface area (Å²) < 4.78 is 5.30. The van der Waals surface area contributed by atoms with Gasteiger partial charge in [0.05, 0.1) is 5.56 Å². The molecule has 0 amide bonds. The Balaban J connectivity index is 2.05. The van der Waals surface area contributed by atoms with E-state index in [1.165, 1.54) is 0 Å². The predicted molar refractivity (Wildman–Crippen MR) is 86.1 cm³/mol. The molecule has 3 nitrogen and oxygen atoms in total. The molecule has 2 rings (SSSR count). The van der Waals surface area contributed by atoms with Crippen molar-refractivity contribution in [1.29, 1.82) is 0 Å². The minimum atomic E-state index is -0.529. The Bertz CT molecular complexity index is 649. The minimum absolute atomic E-state index is 0.0296. The molecule has 0 aliphatic rings. The normalized spacial score (nSPS) is 11.0. The smallest absolute Gasteiger partial charge is 0.338 e. The van der Waals surface area contributed by atoms with E-state index in [-0.39, 0.29) is 11.8 Å². The first-order chi connectivity index (χ1) is 10.3. The van der Waals surface area contributed by atoms with Gasteiger partial charge in [0.15, 0.2) is 5.78 Å². The lowest BCUT2D eigenvalue weighted by Crippen LogP contribution is -2.23. The number of ether oxygens (including phenoxy) is 1. The molecule has 3 heteroatoms. The number of ketones is 1. The van der Waals surface area contributed by atoms with Gasteiger partial charge in [0.2, 0.25) is 0 Å². The molecule has 0 N–H and O–H groups in total. The second-order valence-electron chi connectivity index (χ2n) is 6.16. The average Bonchev–Trinajstić information content (AvgIpc) is 2.46. The first kappa shape index (κ1) is 16.0. The van der Waals surface area contributed by atoms with Crippen molar-refractivity contribution in [2.75, 3.05) is 0 Å². The lowest BCUT2D eigenvalue weighted by Gasteiger charge is -2.19. The van der Waals surface area contributed by atoms with Crippen LogP contribution in [-0.2, 0) is 11.2 Å². The third kappa shape index (κ3) is 4.55. The van der Waals surface area contributed by atoms with E-state index < -0.39 is 5.60 Å². The molecule has 114 valence electrons. The first-order valence-corrected chi connectivity index (χ1v) is 7.26. The van der Waals surface area contributed by atoms with Gasteiger partial charge in [0, 0.05) is 12.0 Å². The SMILES string of the molecule is CC(C)(C)OC(=O)c1ccc(C(=O)Cc2ccccc2)cc1. The van der Waals surface area contributed by atoms with E-state index in [0.717, 1.165) is 5.56 Å². The molecule has 0 aliphatic carbocycles. The number of rotatable bonds is 4. The van der Waals surface area contributed by atoms with Crippen LogP contribution in [0.15, 0.2) is 54.6 Å². The molecule has 0 spiro atoms. The summed E-state index contributed by atoms with van der Waals surface area (Å²) in [5.74, 6) is -0.350. The molecule has 0 bridgehead atoms. The molecular weight excluding hydrogens is 276 g/mol. The highest BCUT2D eigenvalue weighted by Gasteiger charge is 2.18. The van der Waals surface area contributed by atoms with Gasteiger partial charge in [-0.2, -0.15) is 0 Å². The zero-order valence-electron chi connectivity index (χ0n) is 13.1. The van der Waals surface area contributed by atoms with Crippen LogP contribution < -0.4 is 0 Å². The summed E-state index contributed by atoms with van der Waals surface area (Å²) in [6, 6.07) is 16.2. The molecule has 0 heterocycles. The summed E-state index contributed by atoms with van der Waals surface area (Å²) in [5.41, 5.74) is 1.49. The van der Waals surface area contributed by atoms with Crippen LogP contribution in [0.2, 0.25) is 0 Å². The number of esters is 1. The average molecular weight is 296 g/mol. The van der Waals surface area contributed by atoms with E-state index in [0.29, 0.717) is 17.5 Å². The fourth-order valence-electron chi connectivity index (χ4n) is 2.01. The Morgan fingerprint density at radius 2 is 1.41 bits per heavy atom. The van der Waals surface area contributed by atoms with Gasteiger partial charge in [-0.15, -0.1) is 0 Å². The van der Waals surface area contributed by atoms with Crippen LogP contribution >= 0.6 is 0 Å². The highest BCUT2D eigenvalue weighted by atomic mass is 16.6. The summed E-state index contributed by atoms with van der Waals surface area (Å²) in [4.78, 5) is 24.1. The van der Waals surface area contributed by atoms with Gasteiger partial charge in [0.1, 0.15) is 5.60 Å². The van der Waals surface area contributed by atoms with Gasteiger partial charge in [-0.1, -0.05) is 42.5 Å². The largest absolute Gasteiger partial charge is 0.456 e. The second kappa shape index (κ2) is 6.56. The molecule has 0 unspecified atom stereocenters. The van der Waals surface area contributed by atoms with Gasteiger partial charge in [-0.05, 0) is 38.5 Å². The number of carbonyl (C=O) groups is 2.